The number of hydrogen-bond acceptors (Lipinski definition) is 6. The van der Waals surface area contributed by atoms with Gasteiger partial charge in [0.15, 0.2) is 0 Å². The minimum atomic E-state index is 0.0525. The molecule has 1 N–H and O–H groups in total. The number of amides is 1. The molecule has 2 aromatic carbocycles. The van der Waals surface area contributed by atoms with Crippen LogP contribution < -0.4 is 10.1 Å². The average molecular weight is 483 g/mol. The Balaban J connectivity index is 1.17. The molecule has 8 heteroatoms. The molecule has 0 atom stereocenters. The molecular weight excluding hydrogens is 452 g/mol. The van der Waals surface area contributed by atoms with Crippen molar-refractivity contribution in [3.8, 4) is 17.1 Å². The van der Waals surface area contributed by atoms with Crippen LogP contribution in [0.2, 0.25) is 5.02 Å². The molecule has 34 heavy (non-hydrogen) atoms. The van der Waals surface area contributed by atoms with Crippen molar-refractivity contribution in [3.05, 3.63) is 65.0 Å². The molecule has 0 saturated carbocycles. The summed E-state index contributed by atoms with van der Waals surface area (Å²) in [7, 11) is 0. The molecule has 1 amide bonds. The normalized spacial score (nSPS) is 14.8. The van der Waals surface area contributed by atoms with Crippen molar-refractivity contribution in [3.63, 3.8) is 0 Å². The Morgan fingerprint density at radius 2 is 2.03 bits per heavy atom. The molecule has 180 valence electrons. The largest absolute Gasteiger partial charge is 0.494 e. The first-order valence-electron chi connectivity index (χ1n) is 11.9. The molecular formula is C26H31ClN4O3. The monoisotopic (exact) mass is 482 g/mol. The number of hydrogen-bond donors (Lipinski definition) is 1. The molecule has 1 aliphatic rings. The Morgan fingerprint density at radius 1 is 1.21 bits per heavy atom. The van der Waals surface area contributed by atoms with Crippen molar-refractivity contribution in [1.29, 1.82) is 0 Å². The number of benzene rings is 2. The van der Waals surface area contributed by atoms with E-state index >= 15 is 0 Å². The van der Waals surface area contributed by atoms with Gasteiger partial charge in [0, 0.05) is 23.0 Å². The Kier molecular flexibility index (Phi) is 8.55. The topological polar surface area (TPSA) is 80.5 Å². The maximum atomic E-state index is 12.6. The SMILES string of the molecule is CCOc1ccccc1CCCNC(=O)C1CCN(Cc2nc(-c3cccc(Cl)c3)no2)CC1. The van der Waals surface area contributed by atoms with Crippen LogP contribution in [0.5, 0.6) is 5.75 Å². The summed E-state index contributed by atoms with van der Waals surface area (Å²) in [6.45, 7) is 5.56. The number of para-hydroxylation sites is 1. The first-order valence-corrected chi connectivity index (χ1v) is 12.3. The highest BCUT2D eigenvalue weighted by atomic mass is 35.5. The Hall–Kier alpha value is -2.90. The van der Waals surface area contributed by atoms with E-state index in [1.165, 1.54) is 5.56 Å². The lowest BCUT2D eigenvalue weighted by molar-refractivity contribution is -0.126. The van der Waals surface area contributed by atoms with E-state index in [-0.39, 0.29) is 11.8 Å². The van der Waals surface area contributed by atoms with E-state index in [2.05, 4.69) is 26.4 Å². The highest BCUT2D eigenvalue weighted by Gasteiger charge is 2.25. The van der Waals surface area contributed by atoms with Crippen molar-refractivity contribution < 1.29 is 14.1 Å². The summed E-state index contributed by atoms with van der Waals surface area (Å²) in [6, 6.07) is 15.5. The summed E-state index contributed by atoms with van der Waals surface area (Å²) in [5.74, 6) is 2.25. The quantitative estimate of drug-likeness (QED) is 0.420. The highest BCUT2D eigenvalue weighted by Crippen LogP contribution is 2.23. The molecule has 2 heterocycles. The third-order valence-electron chi connectivity index (χ3n) is 6.06. The number of piperidine rings is 1. The smallest absolute Gasteiger partial charge is 0.241 e. The molecule has 1 aliphatic heterocycles. The van der Waals surface area contributed by atoms with Crippen molar-refractivity contribution >= 4 is 17.5 Å². The fraction of sp³-hybridized carbons (Fsp3) is 0.423. The number of rotatable bonds is 10. The highest BCUT2D eigenvalue weighted by molar-refractivity contribution is 6.30. The molecule has 3 aromatic rings. The first-order chi connectivity index (χ1) is 16.6. The van der Waals surface area contributed by atoms with Gasteiger partial charge in [0.05, 0.1) is 13.2 Å². The zero-order valence-electron chi connectivity index (χ0n) is 19.5. The van der Waals surface area contributed by atoms with Crippen molar-refractivity contribution in [1.82, 2.24) is 20.4 Å². The number of aryl methyl sites for hydroxylation is 1. The van der Waals surface area contributed by atoms with Gasteiger partial charge in [-0.15, -0.1) is 0 Å². The maximum Gasteiger partial charge on any atom is 0.241 e. The van der Waals surface area contributed by atoms with E-state index in [9.17, 15) is 4.79 Å². The molecule has 0 bridgehead atoms. The number of halogens is 1. The predicted molar refractivity (Wildman–Crippen MR) is 132 cm³/mol. The second-order valence-corrected chi connectivity index (χ2v) is 8.94. The van der Waals surface area contributed by atoms with Gasteiger partial charge in [-0.1, -0.05) is 47.1 Å². The lowest BCUT2D eigenvalue weighted by atomic mass is 9.96. The number of ether oxygens (including phenoxy) is 1. The molecule has 1 saturated heterocycles. The molecule has 0 radical (unpaired) electrons. The second kappa shape index (κ2) is 12.0. The number of carbonyl (C=O) groups is 1. The molecule has 0 aliphatic carbocycles. The zero-order chi connectivity index (χ0) is 23.8. The molecule has 1 aromatic heterocycles. The lowest BCUT2D eigenvalue weighted by Crippen LogP contribution is -2.40. The summed E-state index contributed by atoms with van der Waals surface area (Å²) in [5, 5.41) is 7.83. The van der Waals surface area contributed by atoms with Gasteiger partial charge in [-0.05, 0) is 69.5 Å². The first kappa shape index (κ1) is 24.2. The van der Waals surface area contributed by atoms with Crippen molar-refractivity contribution in [2.75, 3.05) is 26.2 Å². The van der Waals surface area contributed by atoms with E-state index in [1.54, 1.807) is 0 Å². The third kappa shape index (κ3) is 6.58. The van der Waals surface area contributed by atoms with E-state index in [1.807, 2.05) is 49.4 Å². The van der Waals surface area contributed by atoms with Crippen LogP contribution in [-0.4, -0.2) is 47.2 Å². The standard InChI is InChI=1S/C26H31ClN4O3/c1-2-33-23-11-4-3-7-19(23)9-6-14-28-26(32)20-12-15-31(16-13-20)18-24-29-25(30-34-24)21-8-5-10-22(27)17-21/h3-5,7-8,10-11,17,20H,2,6,9,12-16,18H2,1H3,(H,28,32). The number of likely N-dealkylation sites (tertiary alicyclic amines) is 1. The van der Waals surface area contributed by atoms with E-state index < -0.39 is 0 Å². The van der Waals surface area contributed by atoms with Crippen LogP contribution in [-0.2, 0) is 17.8 Å². The number of nitrogens with one attached hydrogen (secondary N) is 1. The van der Waals surface area contributed by atoms with Gasteiger partial charge in [0.25, 0.3) is 0 Å². The summed E-state index contributed by atoms with van der Waals surface area (Å²) >= 11 is 6.05. The van der Waals surface area contributed by atoms with Crippen LogP contribution in [0.1, 0.15) is 37.6 Å². The maximum absolute atomic E-state index is 12.6. The molecule has 1 fully saturated rings. The van der Waals surface area contributed by atoms with Crippen molar-refractivity contribution in [2.45, 2.75) is 39.2 Å². The van der Waals surface area contributed by atoms with Crippen molar-refractivity contribution in [2.24, 2.45) is 5.92 Å². The summed E-state index contributed by atoms with van der Waals surface area (Å²) in [5.41, 5.74) is 2.02. The Morgan fingerprint density at radius 3 is 2.82 bits per heavy atom. The van der Waals surface area contributed by atoms with Gasteiger partial charge in [0.2, 0.25) is 17.6 Å². The minimum absolute atomic E-state index is 0.0525. The van der Waals surface area contributed by atoms with E-state index in [0.29, 0.717) is 36.4 Å². The molecule has 4 rings (SSSR count). The van der Waals surface area contributed by atoms with E-state index in [0.717, 1.165) is 50.1 Å². The van der Waals surface area contributed by atoms with E-state index in [4.69, 9.17) is 20.9 Å². The minimum Gasteiger partial charge on any atom is -0.494 e. The number of carbonyl (C=O) groups excluding carboxylic acids is 1. The zero-order valence-corrected chi connectivity index (χ0v) is 20.3. The van der Waals surface area contributed by atoms with Gasteiger partial charge < -0.3 is 14.6 Å². The van der Waals surface area contributed by atoms with Gasteiger partial charge in [-0.3, -0.25) is 9.69 Å². The van der Waals surface area contributed by atoms with Gasteiger partial charge >= 0.3 is 0 Å². The van der Waals surface area contributed by atoms with Crippen LogP contribution in [0.25, 0.3) is 11.4 Å². The average Bonchev–Trinajstić information content (AvgIpc) is 3.32. The molecule has 0 spiro atoms. The lowest BCUT2D eigenvalue weighted by Gasteiger charge is -2.30. The molecule has 0 unspecified atom stereocenters. The summed E-state index contributed by atoms with van der Waals surface area (Å²) in [6.07, 6.45) is 3.43. The fourth-order valence-electron chi connectivity index (χ4n) is 4.25. The number of nitrogens with zero attached hydrogens (tertiary/aromatic N) is 3. The van der Waals surface area contributed by atoms with Gasteiger partial charge in [-0.2, -0.15) is 4.98 Å². The van der Waals surface area contributed by atoms with Crippen LogP contribution in [0.4, 0.5) is 0 Å². The number of aromatic nitrogens is 2. The van der Waals surface area contributed by atoms with Crippen LogP contribution in [0.15, 0.2) is 53.1 Å². The second-order valence-electron chi connectivity index (χ2n) is 8.51. The Labute approximate surface area is 205 Å². The van der Waals surface area contributed by atoms with Gasteiger partial charge in [0.1, 0.15) is 5.75 Å². The predicted octanol–water partition coefficient (Wildman–Crippen LogP) is 4.75. The summed E-state index contributed by atoms with van der Waals surface area (Å²) in [4.78, 5) is 19.4. The molecule has 7 nitrogen and oxygen atoms in total. The fourth-order valence-corrected chi connectivity index (χ4v) is 4.44. The van der Waals surface area contributed by atoms with Crippen LogP contribution in [0, 0.1) is 5.92 Å². The third-order valence-corrected chi connectivity index (χ3v) is 6.30. The van der Waals surface area contributed by atoms with Crippen LogP contribution in [0.3, 0.4) is 0 Å². The Bertz CT molecular complexity index is 1080. The van der Waals surface area contributed by atoms with Gasteiger partial charge in [-0.25, -0.2) is 0 Å². The van der Waals surface area contributed by atoms with Crippen LogP contribution >= 0.6 is 11.6 Å². The summed E-state index contributed by atoms with van der Waals surface area (Å²) < 4.78 is 11.1.